The second-order valence-corrected chi connectivity index (χ2v) is 5.83. The molecule has 94 valence electrons. The molecular formula is C13H19NO2S. The summed E-state index contributed by atoms with van der Waals surface area (Å²) in [5.74, 6) is -0.626. The monoisotopic (exact) mass is 253 g/mol. The topological polar surface area (TPSA) is 40.5 Å². The number of hydrogen-bond donors (Lipinski definition) is 1. The summed E-state index contributed by atoms with van der Waals surface area (Å²) in [6.07, 6.45) is 2.57. The van der Waals surface area contributed by atoms with E-state index >= 15 is 0 Å². The molecule has 1 aliphatic rings. The first-order valence-electron chi connectivity index (χ1n) is 6.14. The minimum atomic E-state index is -0.626. The quantitative estimate of drug-likeness (QED) is 0.876. The molecule has 3 nitrogen and oxygen atoms in total. The van der Waals surface area contributed by atoms with Crippen LogP contribution in [-0.4, -0.2) is 35.6 Å². The molecule has 1 N–H and O–H groups in total. The van der Waals surface area contributed by atoms with Crippen molar-refractivity contribution < 1.29 is 9.90 Å². The number of likely N-dealkylation sites (tertiary alicyclic amines) is 1. The molecule has 0 amide bonds. The molecule has 2 rings (SSSR count). The summed E-state index contributed by atoms with van der Waals surface area (Å²) in [6, 6.07) is 4.21. The van der Waals surface area contributed by atoms with Gasteiger partial charge in [0.2, 0.25) is 0 Å². The Morgan fingerprint density at radius 1 is 1.65 bits per heavy atom. The zero-order valence-corrected chi connectivity index (χ0v) is 11.0. The molecule has 4 heteroatoms. The lowest BCUT2D eigenvalue weighted by atomic mass is 9.84. The summed E-state index contributed by atoms with van der Waals surface area (Å²) in [6.45, 7) is 4.60. The van der Waals surface area contributed by atoms with Crippen LogP contribution in [0.2, 0.25) is 0 Å². The van der Waals surface area contributed by atoms with Crippen LogP contribution in [0.5, 0.6) is 0 Å². The Balaban J connectivity index is 1.87. The Morgan fingerprint density at radius 3 is 3.00 bits per heavy atom. The summed E-state index contributed by atoms with van der Waals surface area (Å²) in [4.78, 5) is 15.0. The lowest BCUT2D eigenvalue weighted by molar-refractivity contribution is -0.148. The highest BCUT2D eigenvalue weighted by Gasteiger charge is 2.42. The van der Waals surface area contributed by atoms with Crippen molar-refractivity contribution in [1.29, 1.82) is 0 Å². The van der Waals surface area contributed by atoms with Gasteiger partial charge in [-0.2, -0.15) is 0 Å². The molecule has 1 fully saturated rings. The summed E-state index contributed by atoms with van der Waals surface area (Å²) in [5, 5.41) is 11.4. The van der Waals surface area contributed by atoms with Crippen LogP contribution in [0.15, 0.2) is 17.5 Å². The summed E-state index contributed by atoms with van der Waals surface area (Å²) in [7, 11) is 0. The van der Waals surface area contributed by atoms with E-state index in [1.807, 2.05) is 6.92 Å². The second-order valence-electron chi connectivity index (χ2n) is 4.79. The Bertz CT molecular complexity index is 377. The molecular weight excluding hydrogens is 234 g/mol. The highest BCUT2D eigenvalue weighted by atomic mass is 32.1. The molecule has 0 saturated carbocycles. The van der Waals surface area contributed by atoms with Gasteiger partial charge in [-0.05, 0) is 37.3 Å². The number of hydrogen-bond acceptors (Lipinski definition) is 3. The number of nitrogens with zero attached hydrogens (tertiary/aromatic N) is 1. The normalized spacial score (nSPS) is 25.2. The number of carboxylic acid groups (broad SMARTS) is 1. The van der Waals surface area contributed by atoms with Gasteiger partial charge in [0.05, 0.1) is 5.41 Å². The lowest BCUT2D eigenvalue weighted by Gasteiger charge is -2.22. The molecule has 1 atom stereocenters. The molecule has 0 aliphatic carbocycles. The van der Waals surface area contributed by atoms with Crippen molar-refractivity contribution in [1.82, 2.24) is 4.90 Å². The van der Waals surface area contributed by atoms with E-state index in [4.69, 9.17) is 0 Å². The number of carboxylic acids is 1. The van der Waals surface area contributed by atoms with Gasteiger partial charge in [0.25, 0.3) is 0 Å². The average molecular weight is 253 g/mol. The van der Waals surface area contributed by atoms with Gasteiger partial charge in [0.15, 0.2) is 0 Å². The average Bonchev–Trinajstić information content (AvgIpc) is 2.96. The molecule has 1 aromatic heterocycles. The zero-order chi connectivity index (χ0) is 12.3. The van der Waals surface area contributed by atoms with Crippen LogP contribution in [0.1, 0.15) is 24.6 Å². The Kier molecular flexibility index (Phi) is 3.84. The van der Waals surface area contributed by atoms with Gasteiger partial charge in [0, 0.05) is 18.0 Å². The maximum absolute atomic E-state index is 11.3. The first-order chi connectivity index (χ1) is 8.16. The van der Waals surface area contributed by atoms with Gasteiger partial charge in [-0.3, -0.25) is 4.79 Å². The van der Waals surface area contributed by atoms with Crippen LogP contribution in [0, 0.1) is 5.41 Å². The first-order valence-corrected chi connectivity index (χ1v) is 7.02. The Hall–Kier alpha value is -0.870. The predicted octanol–water partition coefficient (Wildman–Crippen LogP) is 2.48. The van der Waals surface area contributed by atoms with Gasteiger partial charge >= 0.3 is 5.97 Å². The SMILES string of the molecule is CCC1(C(=O)O)CCN(CCc2cccs2)C1. The number of rotatable bonds is 5. The minimum absolute atomic E-state index is 0.491. The van der Waals surface area contributed by atoms with Crippen molar-refractivity contribution >= 4 is 17.3 Å². The molecule has 0 aromatic carbocycles. The van der Waals surface area contributed by atoms with Crippen molar-refractivity contribution in [3.05, 3.63) is 22.4 Å². The van der Waals surface area contributed by atoms with Crippen LogP contribution in [0.3, 0.4) is 0 Å². The van der Waals surface area contributed by atoms with Crippen LogP contribution in [0.25, 0.3) is 0 Å². The molecule has 17 heavy (non-hydrogen) atoms. The van der Waals surface area contributed by atoms with E-state index in [-0.39, 0.29) is 0 Å². The van der Waals surface area contributed by atoms with E-state index in [0.717, 1.165) is 32.4 Å². The number of thiophene rings is 1. The van der Waals surface area contributed by atoms with E-state index < -0.39 is 11.4 Å². The molecule has 1 aromatic rings. The molecule has 1 unspecified atom stereocenters. The third-order valence-electron chi connectivity index (χ3n) is 3.82. The summed E-state index contributed by atoms with van der Waals surface area (Å²) >= 11 is 1.78. The fourth-order valence-corrected chi connectivity index (χ4v) is 3.18. The van der Waals surface area contributed by atoms with Gasteiger partial charge < -0.3 is 10.0 Å². The molecule has 0 bridgehead atoms. The van der Waals surface area contributed by atoms with Crippen LogP contribution in [-0.2, 0) is 11.2 Å². The second kappa shape index (κ2) is 5.19. The maximum atomic E-state index is 11.3. The van der Waals surface area contributed by atoms with Crippen molar-refractivity contribution in [2.75, 3.05) is 19.6 Å². The lowest BCUT2D eigenvalue weighted by Crippen LogP contribution is -2.34. The smallest absolute Gasteiger partial charge is 0.310 e. The van der Waals surface area contributed by atoms with E-state index in [1.54, 1.807) is 11.3 Å². The summed E-state index contributed by atoms with van der Waals surface area (Å²) < 4.78 is 0. The fraction of sp³-hybridized carbons (Fsp3) is 0.615. The van der Waals surface area contributed by atoms with Crippen molar-refractivity contribution in [3.63, 3.8) is 0 Å². The van der Waals surface area contributed by atoms with Gasteiger partial charge in [-0.1, -0.05) is 13.0 Å². The molecule has 1 saturated heterocycles. The van der Waals surface area contributed by atoms with E-state index in [0.29, 0.717) is 6.54 Å². The van der Waals surface area contributed by atoms with Crippen molar-refractivity contribution in [3.8, 4) is 0 Å². The zero-order valence-electron chi connectivity index (χ0n) is 10.2. The molecule has 0 radical (unpaired) electrons. The number of aliphatic carboxylic acids is 1. The van der Waals surface area contributed by atoms with Gasteiger partial charge in [0.1, 0.15) is 0 Å². The highest BCUT2D eigenvalue weighted by Crippen LogP contribution is 2.34. The third kappa shape index (κ3) is 2.69. The van der Waals surface area contributed by atoms with E-state index in [2.05, 4.69) is 22.4 Å². The highest BCUT2D eigenvalue weighted by molar-refractivity contribution is 7.09. The van der Waals surface area contributed by atoms with Gasteiger partial charge in [-0.15, -0.1) is 11.3 Å². The van der Waals surface area contributed by atoms with E-state index in [1.165, 1.54) is 4.88 Å². The standard InChI is InChI=1S/C13H19NO2S/c1-2-13(12(15)16)6-8-14(10-13)7-5-11-4-3-9-17-11/h3-4,9H,2,5-8,10H2,1H3,(H,15,16). The van der Waals surface area contributed by atoms with Crippen LogP contribution in [0.4, 0.5) is 0 Å². The fourth-order valence-electron chi connectivity index (χ4n) is 2.49. The van der Waals surface area contributed by atoms with Crippen LogP contribution < -0.4 is 0 Å². The maximum Gasteiger partial charge on any atom is 0.310 e. The first kappa shape index (κ1) is 12.6. The largest absolute Gasteiger partial charge is 0.481 e. The Morgan fingerprint density at radius 2 is 2.47 bits per heavy atom. The Labute approximate surface area is 106 Å². The molecule has 0 spiro atoms. The van der Waals surface area contributed by atoms with Crippen molar-refractivity contribution in [2.45, 2.75) is 26.2 Å². The molecule has 1 aliphatic heterocycles. The molecule has 2 heterocycles. The van der Waals surface area contributed by atoms with Crippen molar-refractivity contribution in [2.24, 2.45) is 5.41 Å². The van der Waals surface area contributed by atoms with E-state index in [9.17, 15) is 9.90 Å². The third-order valence-corrected chi connectivity index (χ3v) is 4.75. The van der Waals surface area contributed by atoms with Gasteiger partial charge in [-0.25, -0.2) is 0 Å². The minimum Gasteiger partial charge on any atom is -0.481 e. The number of carbonyl (C=O) groups is 1. The summed E-state index contributed by atoms with van der Waals surface area (Å²) in [5.41, 5.74) is -0.491. The predicted molar refractivity (Wildman–Crippen MR) is 69.4 cm³/mol. The van der Waals surface area contributed by atoms with Crippen LogP contribution >= 0.6 is 11.3 Å².